The van der Waals surface area contributed by atoms with Crippen LogP contribution in [-0.2, 0) is 7.05 Å². The molecule has 0 spiro atoms. The summed E-state index contributed by atoms with van der Waals surface area (Å²) in [4.78, 5) is 14.4. The summed E-state index contributed by atoms with van der Waals surface area (Å²) in [7, 11) is 1.99. The maximum Gasteiger partial charge on any atom is 0.323 e. The average molecular weight is 312 g/mol. The van der Waals surface area contributed by atoms with Gasteiger partial charge in [-0.2, -0.15) is 5.26 Å². The van der Waals surface area contributed by atoms with Gasteiger partial charge in [-0.3, -0.25) is 0 Å². The van der Waals surface area contributed by atoms with E-state index < -0.39 is 0 Å². The van der Waals surface area contributed by atoms with Crippen molar-refractivity contribution < 1.29 is 4.79 Å². The fourth-order valence-corrected chi connectivity index (χ4v) is 3.80. The number of carbonyl (C=O) groups excluding carboxylic acids is 1. The summed E-state index contributed by atoms with van der Waals surface area (Å²) in [5, 5.41) is 11.7. The molecule has 0 bridgehead atoms. The maximum absolute atomic E-state index is 12.5. The van der Waals surface area contributed by atoms with Crippen LogP contribution in [0.4, 0.5) is 10.5 Å². The van der Waals surface area contributed by atoms with Gasteiger partial charge in [0.2, 0.25) is 0 Å². The molecule has 1 N–H and O–H groups in total. The number of nitrogens with one attached hydrogen (secondary N) is 1. The van der Waals surface area contributed by atoms with E-state index in [1.807, 2.05) is 34.8 Å². The van der Waals surface area contributed by atoms with Gasteiger partial charge in [-0.1, -0.05) is 0 Å². The lowest BCUT2D eigenvalue weighted by atomic mass is 10.2. The molecule has 1 aromatic carbocycles. The molecule has 1 atom stereocenters. The van der Waals surface area contributed by atoms with E-state index in [9.17, 15) is 4.79 Å². The molecule has 0 aliphatic carbocycles. The van der Waals surface area contributed by atoms with Crippen molar-refractivity contribution in [1.29, 1.82) is 5.26 Å². The van der Waals surface area contributed by atoms with Crippen LogP contribution >= 0.6 is 11.8 Å². The van der Waals surface area contributed by atoms with Crippen LogP contribution in [-0.4, -0.2) is 27.8 Å². The van der Waals surface area contributed by atoms with Crippen molar-refractivity contribution in [2.24, 2.45) is 7.05 Å². The van der Waals surface area contributed by atoms with Crippen molar-refractivity contribution in [3.05, 3.63) is 53.9 Å². The number of carbonyl (C=O) groups is 1. The molecule has 2 amide bonds. The predicted octanol–water partition coefficient (Wildman–Crippen LogP) is 3.18. The zero-order valence-corrected chi connectivity index (χ0v) is 13.0. The molecule has 2 aromatic rings. The minimum atomic E-state index is -0.110. The van der Waals surface area contributed by atoms with Crippen LogP contribution < -0.4 is 5.32 Å². The van der Waals surface area contributed by atoms with E-state index in [2.05, 4.69) is 11.4 Å². The number of hydrogen-bond acceptors (Lipinski definition) is 3. The molecule has 1 aromatic heterocycles. The number of rotatable bonds is 2. The normalized spacial score (nSPS) is 17.3. The van der Waals surface area contributed by atoms with Gasteiger partial charge < -0.3 is 14.8 Å². The van der Waals surface area contributed by atoms with Crippen molar-refractivity contribution in [3.63, 3.8) is 0 Å². The summed E-state index contributed by atoms with van der Waals surface area (Å²) in [5.41, 5.74) is 2.40. The highest BCUT2D eigenvalue weighted by Gasteiger charge is 2.32. The Hall–Kier alpha value is -2.39. The Balaban J connectivity index is 1.73. The Morgan fingerprint density at radius 2 is 2.14 bits per heavy atom. The van der Waals surface area contributed by atoms with Gasteiger partial charge >= 0.3 is 6.03 Å². The van der Waals surface area contributed by atoms with E-state index in [1.165, 1.54) is 0 Å². The zero-order valence-electron chi connectivity index (χ0n) is 12.2. The molecule has 5 nitrogen and oxygen atoms in total. The third kappa shape index (κ3) is 2.81. The highest BCUT2D eigenvalue weighted by molar-refractivity contribution is 7.99. The van der Waals surface area contributed by atoms with Gasteiger partial charge in [0.05, 0.1) is 17.3 Å². The fourth-order valence-electron chi connectivity index (χ4n) is 2.48. The number of amides is 2. The molecule has 3 rings (SSSR count). The summed E-state index contributed by atoms with van der Waals surface area (Å²) in [6.45, 7) is 0.725. The lowest BCUT2D eigenvalue weighted by Gasteiger charge is -2.24. The van der Waals surface area contributed by atoms with Crippen LogP contribution in [0.3, 0.4) is 0 Å². The molecule has 6 heteroatoms. The van der Waals surface area contributed by atoms with Gasteiger partial charge in [0.25, 0.3) is 0 Å². The van der Waals surface area contributed by atoms with Crippen LogP contribution in [0.1, 0.15) is 16.6 Å². The molecule has 0 saturated carbocycles. The van der Waals surface area contributed by atoms with E-state index in [1.54, 1.807) is 36.0 Å². The average Bonchev–Trinajstić information content (AvgIpc) is 3.16. The molecule has 1 aliphatic rings. The third-order valence-electron chi connectivity index (χ3n) is 3.65. The number of benzene rings is 1. The van der Waals surface area contributed by atoms with E-state index in [-0.39, 0.29) is 11.4 Å². The first-order chi connectivity index (χ1) is 10.7. The molecule has 22 heavy (non-hydrogen) atoms. The molecule has 112 valence electrons. The van der Waals surface area contributed by atoms with Crippen LogP contribution in [0, 0.1) is 11.3 Å². The number of urea groups is 1. The summed E-state index contributed by atoms with van der Waals surface area (Å²) < 4.78 is 2.05. The Morgan fingerprint density at radius 1 is 1.36 bits per heavy atom. The number of nitriles is 1. The Morgan fingerprint density at radius 3 is 2.77 bits per heavy atom. The maximum atomic E-state index is 12.5. The summed E-state index contributed by atoms with van der Waals surface area (Å²) in [5.74, 6) is 0.927. The summed E-state index contributed by atoms with van der Waals surface area (Å²) >= 11 is 1.77. The number of thioether (sulfide) groups is 1. The molecule has 2 heterocycles. The number of nitrogens with zero attached hydrogens (tertiary/aromatic N) is 3. The molecule has 1 saturated heterocycles. The number of anilines is 1. The molecule has 0 unspecified atom stereocenters. The molecule has 1 fully saturated rings. The molecular formula is C16H16N4OS. The quantitative estimate of drug-likeness (QED) is 0.926. The van der Waals surface area contributed by atoms with Crippen molar-refractivity contribution in [1.82, 2.24) is 9.47 Å². The summed E-state index contributed by atoms with van der Waals surface area (Å²) in [6.07, 6.45) is 1.99. The zero-order chi connectivity index (χ0) is 15.5. The lowest BCUT2D eigenvalue weighted by molar-refractivity contribution is 0.213. The number of hydrogen-bond donors (Lipinski definition) is 1. The van der Waals surface area contributed by atoms with E-state index in [0.29, 0.717) is 11.3 Å². The first-order valence-electron chi connectivity index (χ1n) is 6.99. The van der Waals surface area contributed by atoms with Gasteiger partial charge in [0.1, 0.15) is 5.37 Å². The fraction of sp³-hybridized carbons (Fsp3) is 0.250. The van der Waals surface area contributed by atoms with Crippen molar-refractivity contribution >= 4 is 23.5 Å². The van der Waals surface area contributed by atoms with Crippen molar-refractivity contribution in [2.45, 2.75) is 5.37 Å². The minimum absolute atomic E-state index is 0.0402. The molecule has 1 aliphatic heterocycles. The molecule has 0 radical (unpaired) electrons. The monoisotopic (exact) mass is 312 g/mol. The highest BCUT2D eigenvalue weighted by atomic mass is 32.2. The van der Waals surface area contributed by atoms with Crippen molar-refractivity contribution in [2.75, 3.05) is 17.6 Å². The van der Waals surface area contributed by atoms with Gasteiger partial charge in [-0.25, -0.2) is 4.79 Å². The second-order valence-electron chi connectivity index (χ2n) is 5.08. The Kier molecular flexibility index (Phi) is 4.07. The highest BCUT2D eigenvalue weighted by Crippen LogP contribution is 2.38. The van der Waals surface area contributed by atoms with E-state index in [4.69, 9.17) is 5.26 Å². The smallest absolute Gasteiger partial charge is 0.323 e. The van der Waals surface area contributed by atoms with Crippen LogP contribution in [0.5, 0.6) is 0 Å². The van der Waals surface area contributed by atoms with Gasteiger partial charge in [0.15, 0.2) is 0 Å². The third-order valence-corrected chi connectivity index (χ3v) is 4.88. The largest absolute Gasteiger partial charge is 0.352 e. The van der Waals surface area contributed by atoms with Crippen LogP contribution in [0.2, 0.25) is 0 Å². The van der Waals surface area contributed by atoms with Gasteiger partial charge in [0, 0.05) is 31.2 Å². The Bertz CT molecular complexity index is 716. The first kappa shape index (κ1) is 14.5. The minimum Gasteiger partial charge on any atom is -0.352 e. The SMILES string of the molecule is Cn1cccc1[C@H]1SCCN1C(=O)Nc1ccc(C#N)cc1. The van der Waals surface area contributed by atoms with E-state index >= 15 is 0 Å². The number of aryl methyl sites for hydroxylation is 1. The summed E-state index contributed by atoms with van der Waals surface area (Å²) in [6, 6.07) is 12.9. The standard InChI is InChI=1S/C16H16N4OS/c1-19-8-2-3-14(19)15-20(9-10-22-15)16(21)18-13-6-4-12(11-17)5-7-13/h2-8,15H,9-10H2,1H3,(H,18,21)/t15-/m1/s1. The Labute approximate surface area is 133 Å². The van der Waals surface area contributed by atoms with Crippen LogP contribution in [0.25, 0.3) is 0 Å². The lowest BCUT2D eigenvalue weighted by Crippen LogP contribution is -2.34. The molecular weight excluding hydrogens is 296 g/mol. The van der Waals surface area contributed by atoms with Crippen LogP contribution in [0.15, 0.2) is 42.6 Å². The second kappa shape index (κ2) is 6.16. The van der Waals surface area contributed by atoms with E-state index in [0.717, 1.165) is 18.0 Å². The second-order valence-corrected chi connectivity index (χ2v) is 6.27. The predicted molar refractivity (Wildman–Crippen MR) is 87.5 cm³/mol. The first-order valence-corrected chi connectivity index (χ1v) is 8.04. The topological polar surface area (TPSA) is 61.1 Å². The van der Waals surface area contributed by atoms with Crippen molar-refractivity contribution in [3.8, 4) is 6.07 Å². The number of aromatic nitrogens is 1. The van der Waals surface area contributed by atoms with Gasteiger partial charge in [-0.15, -0.1) is 11.8 Å². The van der Waals surface area contributed by atoms with Gasteiger partial charge in [-0.05, 0) is 36.4 Å².